The second kappa shape index (κ2) is 6.06. The molecule has 1 N–H and O–H groups in total. The number of carboxylic acids is 1. The van der Waals surface area contributed by atoms with Gasteiger partial charge in [0.05, 0.1) is 13.5 Å². The largest absolute Gasteiger partial charge is 0.497 e. The minimum atomic E-state index is -0.722. The molecule has 0 radical (unpaired) electrons. The zero-order valence-corrected chi connectivity index (χ0v) is 11.5. The molecule has 4 nitrogen and oxygen atoms in total. The van der Waals surface area contributed by atoms with E-state index in [1.54, 1.807) is 7.11 Å². The van der Waals surface area contributed by atoms with E-state index in [2.05, 4.69) is 24.0 Å². The molecule has 0 saturated carbocycles. The van der Waals surface area contributed by atoms with Crippen LogP contribution in [0.2, 0.25) is 0 Å². The van der Waals surface area contributed by atoms with E-state index in [0.717, 1.165) is 18.7 Å². The van der Waals surface area contributed by atoms with E-state index < -0.39 is 5.97 Å². The average Bonchev–Trinajstić information content (AvgIpc) is 2.78. The van der Waals surface area contributed by atoms with Gasteiger partial charge in [-0.2, -0.15) is 0 Å². The van der Waals surface area contributed by atoms with Gasteiger partial charge in [-0.05, 0) is 37.0 Å². The first kappa shape index (κ1) is 13.9. The van der Waals surface area contributed by atoms with Gasteiger partial charge < -0.3 is 9.84 Å². The zero-order chi connectivity index (χ0) is 13.8. The van der Waals surface area contributed by atoms with Gasteiger partial charge in [0.25, 0.3) is 0 Å². The number of hydrogen-bond acceptors (Lipinski definition) is 3. The zero-order valence-electron chi connectivity index (χ0n) is 11.5. The van der Waals surface area contributed by atoms with Crippen LogP contribution in [-0.4, -0.2) is 42.2 Å². The molecule has 0 aliphatic carbocycles. The highest BCUT2D eigenvalue weighted by atomic mass is 16.5. The maximum Gasteiger partial charge on any atom is 0.304 e. The van der Waals surface area contributed by atoms with Crippen LogP contribution in [0.4, 0.5) is 0 Å². The van der Waals surface area contributed by atoms with Crippen LogP contribution in [0.3, 0.4) is 0 Å². The van der Waals surface area contributed by atoms with Gasteiger partial charge in [-0.1, -0.05) is 12.1 Å². The normalized spacial score (nSPS) is 23.5. The number of aliphatic carboxylic acids is 1. The van der Waals surface area contributed by atoms with Crippen molar-refractivity contribution >= 4 is 5.97 Å². The van der Waals surface area contributed by atoms with Crippen molar-refractivity contribution in [3.8, 4) is 5.75 Å². The lowest BCUT2D eigenvalue weighted by atomic mass is 9.97. The summed E-state index contributed by atoms with van der Waals surface area (Å²) in [7, 11) is 1.67. The van der Waals surface area contributed by atoms with Crippen molar-refractivity contribution in [2.24, 2.45) is 0 Å². The van der Waals surface area contributed by atoms with Crippen molar-refractivity contribution in [1.82, 2.24) is 4.90 Å². The number of carbonyl (C=O) groups is 1. The third-order valence-corrected chi connectivity index (χ3v) is 3.90. The summed E-state index contributed by atoms with van der Waals surface area (Å²) in [5.41, 5.74) is 1.31. The van der Waals surface area contributed by atoms with Crippen LogP contribution in [0.1, 0.15) is 31.2 Å². The Morgan fingerprint density at radius 1 is 1.42 bits per heavy atom. The minimum Gasteiger partial charge on any atom is -0.497 e. The maximum absolute atomic E-state index is 10.6. The van der Waals surface area contributed by atoms with Crippen molar-refractivity contribution in [3.05, 3.63) is 29.8 Å². The third kappa shape index (κ3) is 3.47. The SMILES string of the molecule is COc1ccc([C@H]2C[C@H](C)N(CCC(=O)O)C2)cc1. The predicted molar refractivity (Wildman–Crippen MR) is 73.6 cm³/mol. The second-order valence-electron chi connectivity index (χ2n) is 5.19. The summed E-state index contributed by atoms with van der Waals surface area (Å²) in [5.74, 6) is 0.646. The number of benzene rings is 1. The van der Waals surface area contributed by atoms with Crippen LogP contribution >= 0.6 is 0 Å². The summed E-state index contributed by atoms with van der Waals surface area (Å²) in [6.45, 7) is 3.76. The van der Waals surface area contributed by atoms with E-state index in [4.69, 9.17) is 9.84 Å². The third-order valence-electron chi connectivity index (χ3n) is 3.90. The fraction of sp³-hybridized carbons (Fsp3) is 0.533. The molecule has 1 saturated heterocycles. The fourth-order valence-corrected chi connectivity index (χ4v) is 2.77. The molecular weight excluding hydrogens is 242 g/mol. The topological polar surface area (TPSA) is 49.8 Å². The molecule has 4 heteroatoms. The second-order valence-corrected chi connectivity index (χ2v) is 5.19. The highest BCUT2D eigenvalue weighted by Crippen LogP contribution is 2.32. The number of methoxy groups -OCH3 is 1. The van der Waals surface area contributed by atoms with Crippen LogP contribution in [0.5, 0.6) is 5.75 Å². The fourth-order valence-electron chi connectivity index (χ4n) is 2.77. The number of rotatable bonds is 5. The van der Waals surface area contributed by atoms with Crippen LogP contribution < -0.4 is 4.74 Å². The van der Waals surface area contributed by atoms with Gasteiger partial charge in [0.2, 0.25) is 0 Å². The number of hydrogen-bond donors (Lipinski definition) is 1. The highest BCUT2D eigenvalue weighted by molar-refractivity contribution is 5.66. The molecule has 19 heavy (non-hydrogen) atoms. The van der Waals surface area contributed by atoms with Gasteiger partial charge in [-0.3, -0.25) is 9.69 Å². The molecule has 104 valence electrons. The van der Waals surface area contributed by atoms with Gasteiger partial charge in [0.15, 0.2) is 0 Å². The number of likely N-dealkylation sites (tertiary alicyclic amines) is 1. The van der Waals surface area contributed by atoms with E-state index in [9.17, 15) is 4.79 Å². The summed E-state index contributed by atoms with van der Waals surface area (Å²) in [6.07, 6.45) is 1.31. The molecule has 2 rings (SSSR count). The van der Waals surface area contributed by atoms with Gasteiger partial charge in [-0.25, -0.2) is 0 Å². The molecule has 0 unspecified atom stereocenters. The molecule has 0 bridgehead atoms. The van der Waals surface area contributed by atoms with Gasteiger partial charge >= 0.3 is 5.97 Å². The highest BCUT2D eigenvalue weighted by Gasteiger charge is 2.29. The van der Waals surface area contributed by atoms with Gasteiger partial charge in [0.1, 0.15) is 5.75 Å². The Kier molecular flexibility index (Phi) is 4.43. The summed E-state index contributed by atoms with van der Waals surface area (Å²) in [6, 6.07) is 8.64. The summed E-state index contributed by atoms with van der Waals surface area (Å²) in [4.78, 5) is 12.9. The molecule has 1 heterocycles. The molecule has 1 aromatic carbocycles. The Hall–Kier alpha value is -1.55. The Morgan fingerprint density at radius 3 is 2.68 bits per heavy atom. The van der Waals surface area contributed by atoms with E-state index in [1.165, 1.54) is 5.56 Å². The molecule has 0 amide bonds. The lowest BCUT2D eigenvalue weighted by Gasteiger charge is -2.19. The minimum absolute atomic E-state index is 0.222. The monoisotopic (exact) mass is 263 g/mol. The van der Waals surface area contributed by atoms with E-state index in [0.29, 0.717) is 18.5 Å². The Labute approximate surface area is 114 Å². The molecule has 1 fully saturated rings. The molecular formula is C15H21NO3. The lowest BCUT2D eigenvalue weighted by molar-refractivity contribution is -0.137. The number of nitrogens with zero attached hydrogens (tertiary/aromatic N) is 1. The predicted octanol–water partition coefficient (Wildman–Crippen LogP) is 2.35. The van der Waals surface area contributed by atoms with E-state index >= 15 is 0 Å². The van der Waals surface area contributed by atoms with Gasteiger partial charge in [-0.15, -0.1) is 0 Å². The smallest absolute Gasteiger partial charge is 0.304 e. The average molecular weight is 263 g/mol. The number of carboxylic acid groups (broad SMARTS) is 1. The summed E-state index contributed by atoms with van der Waals surface area (Å²) < 4.78 is 5.16. The van der Waals surface area contributed by atoms with Crippen molar-refractivity contribution in [2.45, 2.75) is 31.7 Å². The summed E-state index contributed by atoms with van der Waals surface area (Å²) >= 11 is 0. The molecule has 1 aromatic rings. The lowest BCUT2D eigenvalue weighted by Crippen LogP contribution is -2.29. The first-order valence-electron chi connectivity index (χ1n) is 6.70. The van der Waals surface area contributed by atoms with Crippen molar-refractivity contribution in [2.75, 3.05) is 20.2 Å². The number of ether oxygens (including phenoxy) is 1. The van der Waals surface area contributed by atoms with Gasteiger partial charge in [0, 0.05) is 19.1 Å². The van der Waals surface area contributed by atoms with Crippen LogP contribution in [-0.2, 0) is 4.79 Å². The van der Waals surface area contributed by atoms with Crippen molar-refractivity contribution in [1.29, 1.82) is 0 Å². The Bertz CT molecular complexity index is 430. The van der Waals surface area contributed by atoms with E-state index in [1.807, 2.05) is 12.1 Å². The van der Waals surface area contributed by atoms with Crippen LogP contribution in [0, 0.1) is 0 Å². The van der Waals surface area contributed by atoms with Crippen LogP contribution in [0.25, 0.3) is 0 Å². The Balaban J connectivity index is 1.97. The molecule has 0 spiro atoms. The molecule has 0 aromatic heterocycles. The molecule has 1 aliphatic heterocycles. The first-order chi connectivity index (χ1) is 9.10. The molecule has 1 aliphatic rings. The van der Waals surface area contributed by atoms with Crippen molar-refractivity contribution < 1.29 is 14.6 Å². The van der Waals surface area contributed by atoms with Crippen LogP contribution in [0.15, 0.2) is 24.3 Å². The Morgan fingerprint density at radius 2 is 2.11 bits per heavy atom. The quantitative estimate of drug-likeness (QED) is 0.886. The maximum atomic E-state index is 10.6. The first-order valence-corrected chi connectivity index (χ1v) is 6.70. The summed E-state index contributed by atoms with van der Waals surface area (Å²) in [5, 5.41) is 8.76. The van der Waals surface area contributed by atoms with E-state index in [-0.39, 0.29) is 6.42 Å². The van der Waals surface area contributed by atoms with Crippen molar-refractivity contribution in [3.63, 3.8) is 0 Å². The standard InChI is InChI=1S/C15H21NO3/c1-11-9-13(10-16(11)8-7-15(17)18)12-3-5-14(19-2)6-4-12/h3-6,11,13H,7-10H2,1-2H3,(H,17,18)/t11-,13-/m0/s1. The molecule has 2 atom stereocenters.